The van der Waals surface area contributed by atoms with Crippen LogP contribution in [-0.2, 0) is 19.1 Å². The molecule has 0 saturated carbocycles. The van der Waals surface area contributed by atoms with E-state index in [1.54, 1.807) is 0 Å². The molecule has 0 rings (SSSR count). The van der Waals surface area contributed by atoms with Crippen LogP contribution in [0.3, 0.4) is 0 Å². The average molecular weight is 689 g/mol. The lowest BCUT2D eigenvalue weighted by atomic mass is 10.0. The zero-order valence-electron chi connectivity index (χ0n) is 32.5. The number of allylic oxidation sites excluding steroid dienone is 6. The number of carbonyl (C=O) groups is 2. The van der Waals surface area contributed by atoms with E-state index in [-0.39, 0.29) is 31.6 Å². The first-order chi connectivity index (χ1) is 24.1. The number of rotatable bonds is 38. The molecule has 0 heterocycles. The van der Waals surface area contributed by atoms with Crippen LogP contribution < -0.4 is 0 Å². The van der Waals surface area contributed by atoms with Gasteiger partial charge in [0.05, 0.1) is 6.61 Å². The fourth-order valence-corrected chi connectivity index (χ4v) is 5.95. The van der Waals surface area contributed by atoms with Crippen LogP contribution in [0.4, 0.5) is 0 Å². The molecule has 0 aromatic heterocycles. The van der Waals surface area contributed by atoms with Crippen molar-refractivity contribution in [1.82, 2.24) is 0 Å². The largest absolute Gasteiger partial charge is 0.462 e. The van der Waals surface area contributed by atoms with Crippen LogP contribution in [0.15, 0.2) is 36.5 Å². The molecule has 1 atom stereocenters. The molecule has 5 heteroatoms. The molecule has 0 aromatic rings. The van der Waals surface area contributed by atoms with Gasteiger partial charge < -0.3 is 14.6 Å². The van der Waals surface area contributed by atoms with E-state index >= 15 is 0 Å². The molecule has 0 spiro atoms. The lowest BCUT2D eigenvalue weighted by molar-refractivity contribution is -0.161. The van der Waals surface area contributed by atoms with Gasteiger partial charge in [0.2, 0.25) is 0 Å². The molecule has 1 N–H and O–H groups in total. The van der Waals surface area contributed by atoms with Gasteiger partial charge >= 0.3 is 11.9 Å². The Hall–Kier alpha value is -1.88. The molecule has 5 nitrogen and oxygen atoms in total. The minimum absolute atomic E-state index is 0.0967. The van der Waals surface area contributed by atoms with Crippen molar-refractivity contribution in [1.29, 1.82) is 0 Å². The monoisotopic (exact) mass is 689 g/mol. The lowest BCUT2D eigenvalue weighted by Crippen LogP contribution is -2.28. The van der Waals surface area contributed by atoms with Crippen LogP contribution in [0.2, 0.25) is 0 Å². The molecule has 0 aliphatic heterocycles. The van der Waals surface area contributed by atoms with Crippen molar-refractivity contribution in [3.05, 3.63) is 36.5 Å². The first-order valence-corrected chi connectivity index (χ1v) is 21.0. The zero-order chi connectivity index (χ0) is 35.7. The molecule has 0 radical (unpaired) electrons. The molecule has 0 saturated heterocycles. The predicted molar refractivity (Wildman–Crippen MR) is 210 cm³/mol. The van der Waals surface area contributed by atoms with Gasteiger partial charge in [-0.2, -0.15) is 0 Å². The van der Waals surface area contributed by atoms with E-state index in [1.165, 1.54) is 148 Å². The summed E-state index contributed by atoms with van der Waals surface area (Å²) in [7, 11) is 0. The van der Waals surface area contributed by atoms with Crippen LogP contribution in [0.1, 0.15) is 213 Å². The topological polar surface area (TPSA) is 72.8 Å². The van der Waals surface area contributed by atoms with E-state index in [4.69, 9.17) is 9.47 Å². The summed E-state index contributed by atoms with van der Waals surface area (Å²) in [5.74, 6) is -0.670. The minimum atomic E-state index is -0.794. The smallest absolute Gasteiger partial charge is 0.306 e. The SMILES string of the molecule is CCCCCCCC/C=C/C/C=C/CCC(=O)OCC(CO)OC(=O)CCCCCCCCC/C=C/CCCCCCCCCCCCC. The van der Waals surface area contributed by atoms with Crippen molar-refractivity contribution in [3.8, 4) is 0 Å². The molecule has 49 heavy (non-hydrogen) atoms. The normalized spacial score (nSPS) is 12.5. The summed E-state index contributed by atoms with van der Waals surface area (Å²) < 4.78 is 10.6. The van der Waals surface area contributed by atoms with E-state index in [1.807, 2.05) is 6.08 Å². The van der Waals surface area contributed by atoms with E-state index in [0.29, 0.717) is 12.8 Å². The standard InChI is InChI=1S/C44H80O5/c1-3-5-7-9-11-13-15-17-18-19-20-21-22-23-24-25-27-29-31-33-35-37-39-44(47)49-42(40-45)41-48-43(46)38-36-34-32-30-28-26-16-14-12-10-8-6-4-2/h22-23,26,28,32,34,42,45H,3-21,24-25,27,29-31,33,35-41H2,1-2H3/b23-22+,28-26+,34-32+. The number of aliphatic hydroxyl groups is 1. The van der Waals surface area contributed by atoms with E-state index in [9.17, 15) is 14.7 Å². The molecular formula is C44H80O5. The second-order valence-electron chi connectivity index (χ2n) is 14.1. The third-order valence-electron chi connectivity index (χ3n) is 9.17. The Bertz CT molecular complexity index is 786. The average Bonchev–Trinajstić information content (AvgIpc) is 3.10. The fraction of sp³-hybridized carbons (Fsp3) is 0.818. The maximum atomic E-state index is 12.2. The summed E-state index contributed by atoms with van der Waals surface area (Å²) in [5, 5.41) is 9.55. The number of hydrogen-bond acceptors (Lipinski definition) is 5. The first kappa shape index (κ1) is 47.1. The van der Waals surface area contributed by atoms with Gasteiger partial charge in [0, 0.05) is 12.8 Å². The second-order valence-corrected chi connectivity index (χ2v) is 14.1. The maximum absolute atomic E-state index is 12.2. The van der Waals surface area contributed by atoms with Crippen molar-refractivity contribution in [2.75, 3.05) is 13.2 Å². The molecule has 0 fully saturated rings. The van der Waals surface area contributed by atoms with Gasteiger partial charge in [-0.25, -0.2) is 0 Å². The van der Waals surface area contributed by atoms with Crippen LogP contribution in [0, 0.1) is 0 Å². The Morgan fingerprint density at radius 1 is 0.469 bits per heavy atom. The van der Waals surface area contributed by atoms with Gasteiger partial charge in [-0.3, -0.25) is 9.59 Å². The highest BCUT2D eigenvalue weighted by molar-refractivity contribution is 5.70. The summed E-state index contributed by atoms with van der Waals surface area (Å²) in [4.78, 5) is 24.2. The Balaban J connectivity index is 3.57. The summed E-state index contributed by atoms with van der Waals surface area (Å²) in [5.41, 5.74) is 0. The maximum Gasteiger partial charge on any atom is 0.306 e. The highest BCUT2D eigenvalue weighted by atomic mass is 16.6. The van der Waals surface area contributed by atoms with Crippen molar-refractivity contribution in [3.63, 3.8) is 0 Å². The van der Waals surface area contributed by atoms with E-state index in [2.05, 4.69) is 44.2 Å². The Morgan fingerprint density at radius 3 is 1.31 bits per heavy atom. The molecule has 0 amide bonds. The molecule has 0 bridgehead atoms. The molecule has 0 aromatic carbocycles. The van der Waals surface area contributed by atoms with Gasteiger partial charge in [0.15, 0.2) is 6.10 Å². The Labute approximate surface area is 304 Å². The van der Waals surface area contributed by atoms with Crippen LogP contribution in [0.5, 0.6) is 0 Å². The van der Waals surface area contributed by atoms with Gasteiger partial charge in [0.1, 0.15) is 6.61 Å². The molecule has 1 unspecified atom stereocenters. The molecule has 286 valence electrons. The Kier molecular flexibility index (Phi) is 39.0. The van der Waals surface area contributed by atoms with Gasteiger partial charge in [0.25, 0.3) is 0 Å². The van der Waals surface area contributed by atoms with Gasteiger partial charge in [-0.15, -0.1) is 0 Å². The quantitative estimate of drug-likeness (QED) is 0.0397. The number of hydrogen-bond donors (Lipinski definition) is 1. The third-order valence-corrected chi connectivity index (χ3v) is 9.17. The fourth-order valence-electron chi connectivity index (χ4n) is 5.95. The number of carbonyl (C=O) groups excluding carboxylic acids is 2. The molecular weight excluding hydrogens is 608 g/mol. The molecule has 0 aliphatic carbocycles. The number of ether oxygens (including phenoxy) is 2. The highest BCUT2D eigenvalue weighted by Crippen LogP contribution is 2.14. The number of aliphatic hydroxyl groups excluding tert-OH is 1. The highest BCUT2D eigenvalue weighted by Gasteiger charge is 2.15. The van der Waals surface area contributed by atoms with Crippen LogP contribution in [-0.4, -0.2) is 36.4 Å². The number of esters is 2. The molecule has 0 aliphatic rings. The van der Waals surface area contributed by atoms with Gasteiger partial charge in [-0.1, -0.05) is 179 Å². The second kappa shape index (κ2) is 40.5. The van der Waals surface area contributed by atoms with Crippen molar-refractivity contribution < 1.29 is 24.2 Å². The summed E-state index contributed by atoms with van der Waals surface area (Å²) in [6.45, 7) is 4.08. The van der Waals surface area contributed by atoms with Crippen LogP contribution in [0.25, 0.3) is 0 Å². The van der Waals surface area contributed by atoms with Crippen molar-refractivity contribution in [2.24, 2.45) is 0 Å². The van der Waals surface area contributed by atoms with E-state index in [0.717, 1.165) is 32.1 Å². The summed E-state index contributed by atoms with van der Waals surface area (Å²) in [6, 6.07) is 0. The summed E-state index contributed by atoms with van der Waals surface area (Å²) in [6.07, 6.45) is 49.4. The number of unbranched alkanes of at least 4 members (excludes halogenated alkanes) is 24. The van der Waals surface area contributed by atoms with Crippen molar-refractivity contribution in [2.45, 2.75) is 219 Å². The predicted octanol–water partition coefficient (Wildman–Crippen LogP) is 13.2. The zero-order valence-corrected chi connectivity index (χ0v) is 32.5. The first-order valence-electron chi connectivity index (χ1n) is 21.0. The minimum Gasteiger partial charge on any atom is -0.462 e. The Morgan fingerprint density at radius 2 is 0.857 bits per heavy atom. The van der Waals surface area contributed by atoms with E-state index < -0.39 is 6.10 Å². The summed E-state index contributed by atoms with van der Waals surface area (Å²) >= 11 is 0. The van der Waals surface area contributed by atoms with Crippen molar-refractivity contribution >= 4 is 11.9 Å². The lowest BCUT2D eigenvalue weighted by Gasteiger charge is -2.15. The van der Waals surface area contributed by atoms with Gasteiger partial charge in [-0.05, 0) is 57.8 Å². The third kappa shape index (κ3) is 38.8. The van der Waals surface area contributed by atoms with Crippen LogP contribution >= 0.6 is 0 Å².